The predicted molar refractivity (Wildman–Crippen MR) is 99.5 cm³/mol. The molecule has 1 saturated heterocycles. The van der Waals surface area contributed by atoms with E-state index in [2.05, 4.69) is 0 Å². The second-order valence-corrected chi connectivity index (χ2v) is 16.6. The van der Waals surface area contributed by atoms with Crippen LogP contribution in [-0.2, 0) is 36.2 Å². The van der Waals surface area contributed by atoms with Gasteiger partial charge in [-0.3, -0.25) is 9.80 Å². The van der Waals surface area contributed by atoms with E-state index in [1.165, 1.54) is 9.80 Å². The number of halogens is 4. The van der Waals surface area contributed by atoms with Crippen LogP contribution in [-0.4, -0.2) is 91.9 Å². The van der Waals surface area contributed by atoms with Crippen LogP contribution < -0.4 is 0 Å². The van der Waals surface area contributed by atoms with Gasteiger partial charge >= 0.3 is 0 Å². The topological polar surface area (TPSA) is 143 Å². The van der Waals surface area contributed by atoms with E-state index >= 15 is 0 Å². The molecule has 0 spiro atoms. The number of hydrogen-bond donors (Lipinski definition) is 0. The van der Waals surface area contributed by atoms with E-state index < -0.39 is 58.5 Å². The van der Waals surface area contributed by atoms with Crippen LogP contribution in [0.4, 0.5) is 0 Å². The largest absolute Gasteiger partial charge is 0.283 e. The zero-order chi connectivity index (χ0) is 20.6. The van der Waals surface area contributed by atoms with Crippen molar-refractivity contribution in [3.05, 3.63) is 0 Å². The van der Waals surface area contributed by atoms with Gasteiger partial charge in [-0.25, -0.2) is 33.7 Å². The monoisotopic (exact) mass is 534 g/mol. The summed E-state index contributed by atoms with van der Waals surface area (Å²) in [4.78, 5) is 2.37. The SMILES string of the molecule is O=S(=O)(Cl)CC(N1CCN(C(CS(=O)(=O)Cl)S(=O)(=O)Cl)CC1)S(=O)(=O)Cl. The minimum Gasteiger partial charge on any atom is -0.283 e. The van der Waals surface area contributed by atoms with Gasteiger partial charge < -0.3 is 0 Å². The van der Waals surface area contributed by atoms with Crippen molar-refractivity contribution in [2.75, 3.05) is 37.7 Å². The molecule has 0 aromatic rings. The Morgan fingerprint density at radius 3 is 0.962 bits per heavy atom. The summed E-state index contributed by atoms with van der Waals surface area (Å²) in [7, 11) is 3.69. The molecular formula is C8H14Cl4N2O8S4. The third-order valence-electron chi connectivity index (χ3n) is 3.50. The van der Waals surface area contributed by atoms with Crippen LogP contribution >= 0.6 is 42.7 Å². The van der Waals surface area contributed by atoms with Crippen molar-refractivity contribution < 1.29 is 33.7 Å². The van der Waals surface area contributed by atoms with E-state index in [-0.39, 0.29) is 26.2 Å². The quantitative estimate of drug-likeness (QED) is 0.374. The molecule has 0 amide bonds. The maximum Gasteiger partial charge on any atom is 0.249 e. The fourth-order valence-electron chi connectivity index (χ4n) is 2.38. The molecule has 2 unspecified atom stereocenters. The first-order chi connectivity index (χ1) is 11.4. The summed E-state index contributed by atoms with van der Waals surface area (Å²) in [6.07, 6.45) is 0. The maximum atomic E-state index is 11.6. The molecule has 1 aliphatic heterocycles. The molecule has 0 aliphatic carbocycles. The molecule has 26 heavy (non-hydrogen) atoms. The van der Waals surface area contributed by atoms with Gasteiger partial charge in [-0.05, 0) is 0 Å². The normalized spacial score (nSPS) is 21.4. The van der Waals surface area contributed by atoms with E-state index in [1.54, 1.807) is 0 Å². The molecule has 2 atom stereocenters. The van der Waals surface area contributed by atoms with Crippen molar-refractivity contribution in [2.24, 2.45) is 0 Å². The average molecular weight is 536 g/mol. The lowest BCUT2D eigenvalue weighted by atomic mass is 10.3. The summed E-state index contributed by atoms with van der Waals surface area (Å²) in [6, 6.07) is 0. The molecule has 0 bridgehead atoms. The highest BCUT2D eigenvalue weighted by molar-refractivity contribution is 8.17. The van der Waals surface area contributed by atoms with E-state index in [0.29, 0.717) is 0 Å². The molecule has 10 nitrogen and oxygen atoms in total. The summed E-state index contributed by atoms with van der Waals surface area (Å²) in [6.45, 7) is -0.523. The minimum absolute atomic E-state index is 0.131. The predicted octanol–water partition coefficient (Wildman–Crippen LogP) is -0.469. The van der Waals surface area contributed by atoms with Crippen molar-refractivity contribution >= 4 is 78.9 Å². The third-order valence-corrected chi connectivity index (χ3v) is 9.57. The van der Waals surface area contributed by atoms with Gasteiger partial charge in [0.2, 0.25) is 36.2 Å². The molecule has 0 aromatic heterocycles. The summed E-state index contributed by atoms with van der Waals surface area (Å²) in [5.41, 5.74) is 0. The number of piperazine rings is 1. The van der Waals surface area contributed by atoms with E-state index in [4.69, 9.17) is 42.7 Å². The van der Waals surface area contributed by atoms with E-state index in [9.17, 15) is 33.7 Å². The van der Waals surface area contributed by atoms with E-state index in [1.807, 2.05) is 0 Å². The van der Waals surface area contributed by atoms with E-state index in [0.717, 1.165) is 0 Å². The molecule has 0 saturated carbocycles. The highest BCUT2D eigenvalue weighted by Crippen LogP contribution is 2.22. The Labute approximate surface area is 170 Å². The van der Waals surface area contributed by atoms with Gasteiger partial charge in [0.05, 0.1) is 11.5 Å². The molecule has 18 heteroatoms. The van der Waals surface area contributed by atoms with Gasteiger partial charge in [-0.2, -0.15) is 0 Å². The first-order valence-corrected chi connectivity index (χ1v) is 16.3. The number of nitrogens with zero attached hydrogens (tertiary/aromatic N) is 2. The van der Waals surface area contributed by atoms with Crippen LogP contribution in [0.15, 0.2) is 0 Å². The second-order valence-electron chi connectivity index (χ2n) is 5.34. The average Bonchev–Trinajstić information content (AvgIpc) is 2.38. The lowest BCUT2D eigenvalue weighted by Gasteiger charge is -2.39. The highest BCUT2D eigenvalue weighted by atomic mass is 35.7. The highest BCUT2D eigenvalue weighted by Gasteiger charge is 2.40. The molecule has 0 aromatic carbocycles. The Kier molecular flexibility index (Phi) is 8.35. The Morgan fingerprint density at radius 1 is 0.577 bits per heavy atom. The lowest BCUT2D eigenvalue weighted by Crippen LogP contribution is -2.57. The molecule has 1 heterocycles. The van der Waals surface area contributed by atoms with Gasteiger partial charge in [-0.15, -0.1) is 0 Å². The van der Waals surface area contributed by atoms with Gasteiger partial charge in [0, 0.05) is 68.9 Å². The third kappa shape index (κ3) is 8.49. The molecular weight excluding hydrogens is 522 g/mol. The lowest BCUT2D eigenvalue weighted by molar-refractivity contribution is 0.121. The van der Waals surface area contributed by atoms with Crippen molar-refractivity contribution in [3.63, 3.8) is 0 Å². The first-order valence-electron chi connectivity index (χ1n) is 6.60. The Bertz CT molecular complexity index is 847. The number of hydrogen-bond acceptors (Lipinski definition) is 10. The van der Waals surface area contributed by atoms with Crippen LogP contribution in [0.3, 0.4) is 0 Å². The molecule has 0 N–H and O–H groups in total. The molecule has 1 fully saturated rings. The van der Waals surface area contributed by atoms with Gasteiger partial charge in [-0.1, -0.05) is 0 Å². The molecule has 1 rings (SSSR count). The molecule has 156 valence electrons. The van der Waals surface area contributed by atoms with Crippen LogP contribution in [0.25, 0.3) is 0 Å². The van der Waals surface area contributed by atoms with Gasteiger partial charge in [0.1, 0.15) is 10.7 Å². The fourth-order valence-corrected chi connectivity index (χ4v) is 9.76. The van der Waals surface area contributed by atoms with Crippen molar-refractivity contribution in [3.8, 4) is 0 Å². The fraction of sp³-hybridized carbons (Fsp3) is 1.00. The molecule has 0 radical (unpaired) electrons. The van der Waals surface area contributed by atoms with Gasteiger partial charge in [0.15, 0.2) is 0 Å². The molecule has 1 aliphatic rings. The van der Waals surface area contributed by atoms with Crippen LogP contribution in [0.5, 0.6) is 0 Å². The smallest absolute Gasteiger partial charge is 0.249 e. The van der Waals surface area contributed by atoms with Gasteiger partial charge in [0.25, 0.3) is 0 Å². The maximum absolute atomic E-state index is 11.6. The minimum atomic E-state index is -4.34. The summed E-state index contributed by atoms with van der Waals surface area (Å²) < 4.78 is 91.5. The summed E-state index contributed by atoms with van der Waals surface area (Å²) >= 11 is 0. The van der Waals surface area contributed by atoms with Crippen molar-refractivity contribution in [2.45, 2.75) is 10.7 Å². The first kappa shape index (κ1) is 24.9. The number of rotatable bonds is 8. The zero-order valence-corrected chi connectivity index (χ0v) is 19.0. The summed E-state index contributed by atoms with van der Waals surface area (Å²) in [5.74, 6) is -1.93. The Hall–Kier alpha value is 0.880. The standard InChI is InChI=1S/C8H14Cl4N2O8S4/c9-23(15,16)5-7(25(11,19)20)13-1-2-14(4-3-13)8(26(12,21)22)6-24(10,17)18/h7-8H,1-6H2. The van der Waals surface area contributed by atoms with Crippen LogP contribution in [0.2, 0.25) is 0 Å². The van der Waals surface area contributed by atoms with Crippen LogP contribution in [0.1, 0.15) is 0 Å². The summed E-state index contributed by atoms with van der Waals surface area (Å²) in [5, 5.41) is -3.28. The van der Waals surface area contributed by atoms with Crippen molar-refractivity contribution in [1.29, 1.82) is 0 Å². The van der Waals surface area contributed by atoms with Crippen molar-refractivity contribution in [1.82, 2.24) is 9.80 Å². The Balaban J connectivity index is 2.99. The Morgan fingerprint density at radius 2 is 0.808 bits per heavy atom. The zero-order valence-electron chi connectivity index (χ0n) is 12.7. The van der Waals surface area contributed by atoms with Crippen LogP contribution in [0, 0.1) is 0 Å². The second kappa shape index (κ2) is 8.71.